The minimum atomic E-state index is 0.0219. The highest BCUT2D eigenvalue weighted by molar-refractivity contribution is 7.08. The number of hydrogen-bond donors (Lipinski definition) is 1. The third-order valence-electron chi connectivity index (χ3n) is 2.98. The van der Waals surface area contributed by atoms with Crippen LogP contribution in [0.2, 0.25) is 0 Å². The summed E-state index contributed by atoms with van der Waals surface area (Å²) in [6, 6.07) is 16.1. The molecule has 0 aliphatic rings. The summed E-state index contributed by atoms with van der Waals surface area (Å²) in [6.07, 6.45) is 0.427. The van der Waals surface area contributed by atoms with Crippen molar-refractivity contribution in [1.82, 2.24) is 0 Å². The monoisotopic (exact) mass is 267 g/mol. The molecule has 0 aliphatic carbocycles. The van der Waals surface area contributed by atoms with Crippen LogP contribution in [0.1, 0.15) is 5.56 Å². The lowest BCUT2D eigenvalue weighted by molar-refractivity contribution is -0.115. The van der Waals surface area contributed by atoms with Gasteiger partial charge in [0.1, 0.15) is 0 Å². The van der Waals surface area contributed by atoms with E-state index in [4.69, 9.17) is 0 Å². The first-order chi connectivity index (χ1) is 9.31. The molecule has 3 aromatic rings. The van der Waals surface area contributed by atoms with Gasteiger partial charge in [0.25, 0.3) is 0 Å². The number of nitrogens with one attached hydrogen (secondary N) is 1. The van der Waals surface area contributed by atoms with Crippen LogP contribution in [-0.4, -0.2) is 5.91 Å². The third kappa shape index (κ3) is 2.83. The van der Waals surface area contributed by atoms with Crippen LogP contribution >= 0.6 is 11.3 Å². The highest BCUT2D eigenvalue weighted by Crippen LogP contribution is 2.19. The second-order valence-electron chi connectivity index (χ2n) is 4.42. The molecule has 0 unspecified atom stereocenters. The summed E-state index contributed by atoms with van der Waals surface area (Å²) in [7, 11) is 0. The van der Waals surface area contributed by atoms with E-state index in [9.17, 15) is 4.79 Å². The Hall–Kier alpha value is -2.13. The molecule has 94 valence electrons. The Morgan fingerprint density at radius 2 is 1.89 bits per heavy atom. The average molecular weight is 267 g/mol. The molecule has 0 spiro atoms. The summed E-state index contributed by atoms with van der Waals surface area (Å²) in [5.41, 5.74) is 1.90. The van der Waals surface area contributed by atoms with Crippen molar-refractivity contribution in [3.63, 3.8) is 0 Å². The zero-order valence-corrected chi connectivity index (χ0v) is 11.1. The Morgan fingerprint density at radius 3 is 2.68 bits per heavy atom. The van der Waals surface area contributed by atoms with Crippen LogP contribution in [0.3, 0.4) is 0 Å². The van der Waals surface area contributed by atoms with Gasteiger partial charge in [0.05, 0.1) is 6.42 Å². The van der Waals surface area contributed by atoms with E-state index in [1.54, 1.807) is 11.3 Å². The summed E-state index contributed by atoms with van der Waals surface area (Å²) in [6.45, 7) is 0. The molecule has 1 heterocycles. The van der Waals surface area contributed by atoms with E-state index < -0.39 is 0 Å². The number of anilines is 1. The summed E-state index contributed by atoms with van der Waals surface area (Å²) in [5, 5.41) is 9.24. The van der Waals surface area contributed by atoms with Gasteiger partial charge < -0.3 is 5.32 Å². The topological polar surface area (TPSA) is 29.1 Å². The van der Waals surface area contributed by atoms with Gasteiger partial charge in [0, 0.05) is 5.69 Å². The molecule has 0 saturated heterocycles. The van der Waals surface area contributed by atoms with Crippen LogP contribution in [0, 0.1) is 0 Å². The summed E-state index contributed by atoms with van der Waals surface area (Å²) in [4.78, 5) is 11.9. The van der Waals surface area contributed by atoms with Crippen LogP contribution in [-0.2, 0) is 11.2 Å². The summed E-state index contributed by atoms with van der Waals surface area (Å²) < 4.78 is 0. The van der Waals surface area contributed by atoms with Gasteiger partial charge in [-0.1, -0.05) is 30.3 Å². The normalized spacial score (nSPS) is 10.5. The number of carbonyl (C=O) groups is 1. The molecule has 0 radical (unpaired) electrons. The molecule has 1 aromatic heterocycles. The van der Waals surface area contributed by atoms with Gasteiger partial charge in [-0.15, -0.1) is 0 Å². The predicted octanol–water partition coefficient (Wildman–Crippen LogP) is 4.08. The standard InChI is InChI=1S/C16H13NOS/c18-16(9-12-7-8-19-11-12)17-15-6-5-13-3-1-2-4-14(13)10-15/h1-8,10-11H,9H2,(H,17,18). The number of hydrogen-bond acceptors (Lipinski definition) is 2. The SMILES string of the molecule is O=C(Cc1ccsc1)Nc1ccc2ccccc2c1. The lowest BCUT2D eigenvalue weighted by Gasteiger charge is -2.06. The molecule has 2 nitrogen and oxygen atoms in total. The molecular weight excluding hydrogens is 254 g/mol. The Morgan fingerprint density at radius 1 is 1.05 bits per heavy atom. The average Bonchev–Trinajstić information content (AvgIpc) is 2.91. The fraction of sp³-hybridized carbons (Fsp3) is 0.0625. The zero-order valence-electron chi connectivity index (χ0n) is 10.3. The Balaban J connectivity index is 1.75. The quantitative estimate of drug-likeness (QED) is 0.761. The van der Waals surface area contributed by atoms with E-state index in [0.29, 0.717) is 6.42 Å². The molecule has 19 heavy (non-hydrogen) atoms. The molecule has 0 atom stereocenters. The molecule has 0 saturated carbocycles. The van der Waals surface area contributed by atoms with Crippen LogP contribution in [0.4, 0.5) is 5.69 Å². The van der Waals surface area contributed by atoms with Crippen molar-refractivity contribution < 1.29 is 4.79 Å². The molecule has 0 fully saturated rings. The second-order valence-corrected chi connectivity index (χ2v) is 5.20. The van der Waals surface area contributed by atoms with E-state index >= 15 is 0 Å². The van der Waals surface area contributed by atoms with Gasteiger partial charge in [-0.2, -0.15) is 11.3 Å². The molecule has 0 aliphatic heterocycles. The Bertz CT molecular complexity index is 704. The smallest absolute Gasteiger partial charge is 0.228 e. The minimum absolute atomic E-state index is 0.0219. The number of fused-ring (bicyclic) bond motifs is 1. The molecule has 0 bridgehead atoms. The maximum Gasteiger partial charge on any atom is 0.228 e. The highest BCUT2D eigenvalue weighted by atomic mass is 32.1. The number of amides is 1. The van der Waals surface area contributed by atoms with Crippen LogP contribution in [0.5, 0.6) is 0 Å². The summed E-state index contributed by atoms with van der Waals surface area (Å²) in [5.74, 6) is 0.0219. The largest absolute Gasteiger partial charge is 0.326 e. The van der Waals surface area contributed by atoms with Crippen LogP contribution < -0.4 is 5.32 Å². The third-order valence-corrected chi connectivity index (χ3v) is 3.71. The van der Waals surface area contributed by atoms with E-state index in [0.717, 1.165) is 16.6 Å². The van der Waals surface area contributed by atoms with Crippen molar-refractivity contribution in [1.29, 1.82) is 0 Å². The van der Waals surface area contributed by atoms with Gasteiger partial charge in [-0.25, -0.2) is 0 Å². The van der Waals surface area contributed by atoms with Crippen molar-refractivity contribution in [3.05, 3.63) is 64.9 Å². The molecule has 3 rings (SSSR count). The first-order valence-electron chi connectivity index (χ1n) is 6.11. The van der Waals surface area contributed by atoms with Crippen molar-refractivity contribution in [2.24, 2.45) is 0 Å². The van der Waals surface area contributed by atoms with Crippen molar-refractivity contribution in [2.45, 2.75) is 6.42 Å². The molecule has 1 N–H and O–H groups in total. The van der Waals surface area contributed by atoms with E-state index in [2.05, 4.69) is 11.4 Å². The van der Waals surface area contributed by atoms with E-state index in [1.165, 1.54) is 5.39 Å². The first kappa shape index (κ1) is 11.9. The number of rotatable bonds is 3. The maximum absolute atomic E-state index is 11.9. The Labute approximate surface area is 115 Å². The summed E-state index contributed by atoms with van der Waals surface area (Å²) >= 11 is 1.61. The van der Waals surface area contributed by atoms with Crippen LogP contribution in [0.25, 0.3) is 10.8 Å². The van der Waals surface area contributed by atoms with E-state index in [1.807, 2.05) is 53.2 Å². The zero-order chi connectivity index (χ0) is 13.1. The number of carbonyl (C=O) groups excluding carboxylic acids is 1. The van der Waals surface area contributed by atoms with Gasteiger partial charge >= 0.3 is 0 Å². The molecular formula is C16H13NOS. The fourth-order valence-corrected chi connectivity index (χ4v) is 2.72. The van der Waals surface area contributed by atoms with Gasteiger partial charge in [0.2, 0.25) is 5.91 Å². The van der Waals surface area contributed by atoms with Crippen LogP contribution in [0.15, 0.2) is 59.3 Å². The van der Waals surface area contributed by atoms with Crippen molar-refractivity contribution in [3.8, 4) is 0 Å². The highest BCUT2D eigenvalue weighted by Gasteiger charge is 2.04. The number of thiophene rings is 1. The fourth-order valence-electron chi connectivity index (χ4n) is 2.05. The van der Waals surface area contributed by atoms with Gasteiger partial charge in [-0.3, -0.25) is 4.79 Å². The Kier molecular flexibility index (Phi) is 3.29. The van der Waals surface area contributed by atoms with Crippen molar-refractivity contribution >= 4 is 33.7 Å². The van der Waals surface area contributed by atoms with Crippen molar-refractivity contribution in [2.75, 3.05) is 5.32 Å². The van der Waals surface area contributed by atoms with Gasteiger partial charge in [-0.05, 0) is 45.3 Å². The second kappa shape index (κ2) is 5.24. The number of benzene rings is 2. The lowest BCUT2D eigenvalue weighted by Crippen LogP contribution is -2.13. The van der Waals surface area contributed by atoms with Gasteiger partial charge in [0.15, 0.2) is 0 Å². The molecule has 3 heteroatoms. The lowest BCUT2D eigenvalue weighted by atomic mass is 10.1. The van der Waals surface area contributed by atoms with E-state index in [-0.39, 0.29) is 5.91 Å². The molecule has 2 aromatic carbocycles. The maximum atomic E-state index is 11.9. The first-order valence-corrected chi connectivity index (χ1v) is 7.05. The predicted molar refractivity (Wildman–Crippen MR) is 80.6 cm³/mol. The molecule has 1 amide bonds. The minimum Gasteiger partial charge on any atom is -0.326 e.